The second-order valence-corrected chi connectivity index (χ2v) is 5.77. The van der Waals surface area contributed by atoms with Crippen molar-refractivity contribution in [3.8, 4) is 0 Å². The van der Waals surface area contributed by atoms with Gasteiger partial charge >= 0.3 is 0 Å². The number of carbonyl (C=O) groups is 1. The lowest BCUT2D eigenvalue weighted by Crippen LogP contribution is -2.19. The maximum absolute atomic E-state index is 10.9. The van der Waals surface area contributed by atoms with Gasteiger partial charge in [0.1, 0.15) is 0 Å². The van der Waals surface area contributed by atoms with Crippen molar-refractivity contribution < 1.29 is 4.79 Å². The standard InChI is InChI=1S/C10H7ClIN3OS/c11-8-3-7(12)2-1-6(8)4-13-15-10-14-9(16)5-17-10/h1-4H,5H2,(H,14,15,16). The minimum Gasteiger partial charge on any atom is -0.303 e. The number of hydrogen-bond donors (Lipinski definition) is 1. The average Bonchev–Trinajstić information content (AvgIpc) is 2.68. The van der Waals surface area contributed by atoms with Gasteiger partial charge in [-0.15, -0.1) is 5.10 Å². The Bertz CT molecular complexity index is 518. The Morgan fingerprint density at radius 2 is 2.35 bits per heavy atom. The topological polar surface area (TPSA) is 53.8 Å². The second-order valence-electron chi connectivity index (χ2n) is 3.15. The van der Waals surface area contributed by atoms with Crippen LogP contribution in [0.4, 0.5) is 0 Å². The lowest BCUT2D eigenvalue weighted by atomic mass is 10.2. The number of amidine groups is 1. The van der Waals surface area contributed by atoms with Crippen LogP contribution in [0.25, 0.3) is 0 Å². The van der Waals surface area contributed by atoms with E-state index in [2.05, 4.69) is 38.1 Å². The first-order chi connectivity index (χ1) is 8.15. The normalized spacial score (nSPS) is 18.0. The molecule has 0 unspecified atom stereocenters. The number of amides is 1. The Morgan fingerprint density at radius 3 is 3.00 bits per heavy atom. The Morgan fingerprint density at radius 1 is 1.53 bits per heavy atom. The molecular weight excluding hydrogens is 373 g/mol. The fourth-order valence-electron chi connectivity index (χ4n) is 1.13. The van der Waals surface area contributed by atoms with E-state index in [9.17, 15) is 4.79 Å². The van der Waals surface area contributed by atoms with Crippen molar-refractivity contribution in [3.63, 3.8) is 0 Å². The summed E-state index contributed by atoms with van der Waals surface area (Å²) in [5, 5.41) is 11.5. The van der Waals surface area contributed by atoms with Gasteiger partial charge in [-0.05, 0) is 34.7 Å². The third-order valence-corrected chi connectivity index (χ3v) is 3.76. The van der Waals surface area contributed by atoms with Crippen LogP contribution in [0.1, 0.15) is 5.56 Å². The Balaban J connectivity index is 2.08. The monoisotopic (exact) mass is 379 g/mol. The minimum atomic E-state index is -0.0451. The van der Waals surface area contributed by atoms with E-state index in [1.807, 2.05) is 18.2 Å². The quantitative estimate of drug-likeness (QED) is 0.488. The number of nitrogens with one attached hydrogen (secondary N) is 1. The van der Waals surface area contributed by atoms with E-state index >= 15 is 0 Å². The van der Waals surface area contributed by atoms with Crippen molar-refractivity contribution in [2.75, 3.05) is 5.75 Å². The van der Waals surface area contributed by atoms with Gasteiger partial charge < -0.3 is 5.32 Å². The molecule has 0 radical (unpaired) electrons. The molecule has 1 fully saturated rings. The Hall–Kier alpha value is -0.600. The number of hydrogen-bond acceptors (Lipinski definition) is 4. The fraction of sp³-hybridized carbons (Fsp3) is 0.100. The highest BCUT2D eigenvalue weighted by Crippen LogP contribution is 2.17. The van der Waals surface area contributed by atoms with Gasteiger partial charge in [0.2, 0.25) is 5.91 Å². The van der Waals surface area contributed by atoms with Crippen LogP contribution in [0.3, 0.4) is 0 Å². The number of benzene rings is 1. The summed E-state index contributed by atoms with van der Waals surface area (Å²) in [7, 11) is 0. The predicted molar refractivity (Wildman–Crippen MR) is 79.8 cm³/mol. The highest BCUT2D eigenvalue weighted by atomic mass is 127. The first kappa shape index (κ1) is 12.8. The van der Waals surface area contributed by atoms with E-state index in [0.29, 0.717) is 15.9 Å². The van der Waals surface area contributed by atoms with E-state index in [1.54, 1.807) is 6.21 Å². The lowest BCUT2D eigenvalue weighted by molar-refractivity contribution is -0.116. The summed E-state index contributed by atoms with van der Waals surface area (Å²) in [6, 6.07) is 5.66. The molecule has 1 heterocycles. The molecule has 0 atom stereocenters. The molecule has 1 amide bonds. The van der Waals surface area contributed by atoms with Crippen LogP contribution in [0.2, 0.25) is 5.02 Å². The van der Waals surface area contributed by atoms with Crippen molar-refractivity contribution in [1.82, 2.24) is 5.32 Å². The van der Waals surface area contributed by atoms with Crippen LogP contribution < -0.4 is 5.32 Å². The van der Waals surface area contributed by atoms with E-state index in [1.165, 1.54) is 11.8 Å². The van der Waals surface area contributed by atoms with Crippen molar-refractivity contribution in [1.29, 1.82) is 0 Å². The van der Waals surface area contributed by atoms with E-state index in [-0.39, 0.29) is 5.91 Å². The Labute approximate surface area is 121 Å². The molecule has 1 aromatic carbocycles. The van der Waals surface area contributed by atoms with Gasteiger partial charge in [-0.3, -0.25) is 4.79 Å². The van der Waals surface area contributed by atoms with Crippen molar-refractivity contribution in [3.05, 3.63) is 32.4 Å². The van der Waals surface area contributed by atoms with E-state index in [4.69, 9.17) is 11.6 Å². The highest BCUT2D eigenvalue weighted by Gasteiger charge is 2.15. The molecule has 0 aliphatic carbocycles. The molecule has 1 aromatic rings. The lowest BCUT2D eigenvalue weighted by Gasteiger charge is -1.97. The molecule has 2 rings (SSSR count). The summed E-state index contributed by atoms with van der Waals surface area (Å²) in [6.07, 6.45) is 1.57. The number of carbonyl (C=O) groups excluding carboxylic acids is 1. The van der Waals surface area contributed by atoms with Gasteiger partial charge in [0.15, 0.2) is 5.17 Å². The number of halogens is 2. The summed E-state index contributed by atoms with van der Waals surface area (Å²) >= 11 is 9.55. The maximum atomic E-state index is 10.9. The average molecular weight is 380 g/mol. The maximum Gasteiger partial charge on any atom is 0.236 e. The first-order valence-corrected chi connectivity index (χ1v) is 7.08. The number of thioether (sulfide) groups is 1. The second kappa shape index (κ2) is 5.83. The van der Waals surface area contributed by atoms with Crippen LogP contribution in [0.15, 0.2) is 28.4 Å². The summed E-state index contributed by atoms with van der Waals surface area (Å²) in [5.74, 6) is 0.356. The molecular formula is C10H7ClIN3OS. The molecule has 0 aromatic heterocycles. The number of rotatable bonds is 2. The Kier molecular flexibility index (Phi) is 4.41. The minimum absolute atomic E-state index is 0.0451. The van der Waals surface area contributed by atoms with Crippen LogP contribution in [-0.2, 0) is 4.79 Å². The molecule has 4 nitrogen and oxygen atoms in total. The van der Waals surface area contributed by atoms with Crippen LogP contribution in [0, 0.1) is 3.57 Å². The third-order valence-electron chi connectivity index (χ3n) is 1.89. The fourth-order valence-corrected chi connectivity index (χ4v) is 2.66. The van der Waals surface area contributed by atoms with Crippen LogP contribution in [0.5, 0.6) is 0 Å². The zero-order chi connectivity index (χ0) is 12.3. The molecule has 1 N–H and O–H groups in total. The molecule has 1 aliphatic heterocycles. The smallest absolute Gasteiger partial charge is 0.236 e. The zero-order valence-corrected chi connectivity index (χ0v) is 12.2. The van der Waals surface area contributed by atoms with Gasteiger partial charge in [-0.2, -0.15) is 5.10 Å². The van der Waals surface area contributed by atoms with Gasteiger partial charge in [0.05, 0.1) is 17.0 Å². The molecule has 17 heavy (non-hydrogen) atoms. The van der Waals surface area contributed by atoms with Crippen LogP contribution in [-0.4, -0.2) is 23.0 Å². The highest BCUT2D eigenvalue weighted by molar-refractivity contribution is 14.1. The van der Waals surface area contributed by atoms with Gasteiger partial charge in [-0.1, -0.05) is 29.4 Å². The molecule has 88 valence electrons. The molecule has 1 aliphatic rings. The molecule has 7 heteroatoms. The van der Waals surface area contributed by atoms with E-state index < -0.39 is 0 Å². The summed E-state index contributed by atoms with van der Waals surface area (Å²) < 4.78 is 1.06. The molecule has 1 saturated heterocycles. The van der Waals surface area contributed by atoms with Crippen molar-refractivity contribution >= 4 is 63.2 Å². The summed E-state index contributed by atoms with van der Waals surface area (Å²) in [4.78, 5) is 10.9. The van der Waals surface area contributed by atoms with Crippen LogP contribution >= 0.6 is 46.0 Å². The van der Waals surface area contributed by atoms with Gasteiger partial charge in [-0.25, -0.2) is 0 Å². The molecule has 0 spiro atoms. The predicted octanol–water partition coefficient (Wildman–Crippen LogP) is 2.50. The summed E-state index contributed by atoms with van der Waals surface area (Å²) in [6.45, 7) is 0. The SMILES string of the molecule is O=C1CSC(=NN=Cc2ccc(I)cc2Cl)N1. The third kappa shape index (κ3) is 3.68. The van der Waals surface area contributed by atoms with E-state index in [0.717, 1.165) is 9.13 Å². The van der Waals surface area contributed by atoms with Crippen molar-refractivity contribution in [2.45, 2.75) is 0 Å². The summed E-state index contributed by atoms with van der Waals surface area (Å²) in [5.41, 5.74) is 0.797. The first-order valence-electron chi connectivity index (χ1n) is 4.64. The molecule has 0 bridgehead atoms. The number of nitrogens with zero attached hydrogens (tertiary/aromatic N) is 2. The zero-order valence-electron chi connectivity index (χ0n) is 8.48. The molecule has 0 saturated carbocycles. The largest absolute Gasteiger partial charge is 0.303 e. The van der Waals surface area contributed by atoms with Crippen molar-refractivity contribution in [2.24, 2.45) is 10.2 Å². The van der Waals surface area contributed by atoms with Gasteiger partial charge in [0.25, 0.3) is 0 Å². The van der Waals surface area contributed by atoms with Gasteiger partial charge in [0, 0.05) is 9.13 Å².